The second-order valence-corrected chi connectivity index (χ2v) is 10.1. The average molecular weight is 725 g/mol. The zero-order valence-corrected chi connectivity index (χ0v) is 23.6. The van der Waals surface area contributed by atoms with Gasteiger partial charge in [0.25, 0.3) is 0 Å². The Bertz CT molecular complexity index is 1400. The van der Waals surface area contributed by atoms with Crippen molar-refractivity contribution < 1.29 is 0 Å². The summed E-state index contributed by atoms with van der Waals surface area (Å²) in [6, 6.07) is 5.53. The van der Waals surface area contributed by atoms with Gasteiger partial charge in [-0.05, 0) is 68.4 Å². The zero-order valence-electron chi connectivity index (χ0n) is 17.0. The first-order chi connectivity index (χ1) is 15.8. The lowest BCUT2D eigenvalue weighted by molar-refractivity contribution is 0.787. The number of halogens is 5. The van der Waals surface area contributed by atoms with Gasteiger partial charge in [0.15, 0.2) is 0 Å². The lowest BCUT2D eigenvalue weighted by Gasteiger charge is -1.96. The van der Waals surface area contributed by atoms with Crippen molar-refractivity contribution >= 4 is 101 Å². The van der Waals surface area contributed by atoms with Gasteiger partial charge < -0.3 is 0 Å². The summed E-state index contributed by atoms with van der Waals surface area (Å²) >= 11 is 21.5. The van der Waals surface area contributed by atoms with Gasteiger partial charge in [0, 0.05) is 49.0 Å². The van der Waals surface area contributed by atoms with Crippen LogP contribution in [0.5, 0.6) is 0 Å². The van der Waals surface area contributed by atoms with Gasteiger partial charge in [0.1, 0.15) is 22.9 Å². The molecule has 0 aromatic carbocycles. The highest BCUT2D eigenvalue weighted by Crippen LogP contribution is 2.23. The second-order valence-electron chi connectivity index (χ2n) is 6.89. The molecule has 4 aromatic heterocycles. The van der Waals surface area contributed by atoms with Gasteiger partial charge in [0.2, 0.25) is 0 Å². The van der Waals surface area contributed by atoms with Gasteiger partial charge in [-0.25, -0.2) is 15.0 Å². The Morgan fingerprint density at radius 1 is 0.848 bits per heavy atom. The van der Waals surface area contributed by atoms with Gasteiger partial charge in [0.05, 0.1) is 24.0 Å². The minimum Gasteiger partial charge on any atom is -0.288 e. The number of nitrogens with zero attached hydrogens (tertiary/aromatic N) is 7. The molecular formula is C21H14Cl3I2N7. The second kappa shape index (κ2) is 10.9. The number of aromatic nitrogens is 5. The van der Waals surface area contributed by atoms with E-state index in [-0.39, 0.29) is 0 Å². The first-order valence-electron chi connectivity index (χ1n) is 9.44. The molecule has 6 rings (SSSR count). The number of hydrogen-bond donors (Lipinski definition) is 0. The van der Waals surface area contributed by atoms with Crippen molar-refractivity contribution in [2.75, 3.05) is 0 Å². The van der Waals surface area contributed by atoms with Crippen LogP contribution in [0, 0.1) is 3.70 Å². The lowest BCUT2D eigenvalue weighted by Crippen LogP contribution is -1.89. The molecule has 0 saturated carbocycles. The molecule has 0 saturated heterocycles. The van der Waals surface area contributed by atoms with Crippen molar-refractivity contribution in [3.63, 3.8) is 0 Å². The molecule has 7 nitrogen and oxygen atoms in total. The van der Waals surface area contributed by atoms with Crippen LogP contribution in [-0.2, 0) is 20.1 Å². The van der Waals surface area contributed by atoms with Gasteiger partial charge in [-0.15, -0.1) is 0 Å². The maximum atomic E-state index is 5.75. The van der Waals surface area contributed by atoms with Gasteiger partial charge in [-0.2, -0.15) is 5.10 Å². The van der Waals surface area contributed by atoms with E-state index >= 15 is 0 Å². The lowest BCUT2D eigenvalue weighted by atomic mass is 10.2. The van der Waals surface area contributed by atoms with Crippen molar-refractivity contribution in [2.45, 2.75) is 13.1 Å². The third kappa shape index (κ3) is 5.99. The van der Waals surface area contributed by atoms with Gasteiger partial charge in [-0.1, -0.05) is 34.8 Å². The van der Waals surface area contributed by atoms with Crippen molar-refractivity contribution in [1.82, 2.24) is 24.7 Å². The van der Waals surface area contributed by atoms with Crippen molar-refractivity contribution in [2.24, 2.45) is 17.0 Å². The Morgan fingerprint density at radius 2 is 1.52 bits per heavy atom. The summed E-state index contributed by atoms with van der Waals surface area (Å²) in [4.78, 5) is 20.2. The van der Waals surface area contributed by atoms with Crippen LogP contribution in [0.3, 0.4) is 0 Å². The molecule has 0 spiro atoms. The summed E-state index contributed by atoms with van der Waals surface area (Å²) in [7, 11) is 1.89. The molecule has 4 aromatic rings. The molecule has 33 heavy (non-hydrogen) atoms. The first-order valence-corrected chi connectivity index (χ1v) is 12.7. The molecule has 2 aliphatic rings. The van der Waals surface area contributed by atoms with Crippen LogP contribution >= 0.6 is 80.0 Å². The van der Waals surface area contributed by atoms with Crippen LogP contribution in [0.4, 0.5) is 0 Å². The molecule has 0 aliphatic carbocycles. The fourth-order valence-electron chi connectivity index (χ4n) is 3.08. The molecule has 0 fully saturated rings. The SMILES string of the molecule is Clc1cc2c(cn1)C(I)=NC2.Clc1cc2c(cn1)C=NC2.Cn1nc(I)c2cnc(Cl)cc21. The molecule has 2 aliphatic heterocycles. The summed E-state index contributed by atoms with van der Waals surface area (Å²) in [5, 5.41) is 6.87. The minimum atomic E-state index is 0.502. The van der Waals surface area contributed by atoms with E-state index in [0.29, 0.717) is 15.5 Å². The van der Waals surface area contributed by atoms with E-state index < -0.39 is 0 Å². The maximum absolute atomic E-state index is 5.75. The smallest absolute Gasteiger partial charge is 0.132 e. The molecule has 0 bridgehead atoms. The normalized spacial score (nSPS) is 13.0. The van der Waals surface area contributed by atoms with Crippen LogP contribution in [0.1, 0.15) is 22.3 Å². The minimum absolute atomic E-state index is 0.502. The Kier molecular flexibility index (Phi) is 8.15. The van der Waals surface area contributed by atoms with Crippen LogP contribution in [0.2, 0.25) is 15.5 Å². The van der Waals surface area contributed by atoms with E-state index in [2.05, 4.69) is 75.2 Å². The number of pyridine rings is 3. The average Bonchev–Trinajstić information content (AvgIpc) is 3.47. The molecule has 0 amide bonds. The Balaban J connectivity index is 0.000000118. The first kappa shape index (κ1) is 24.7. The predicted octanol–water partition coefficient (Wildman–Crippen LogP) is 6.32. The molecule has 0 radical (unpaired) electrons. The maximum Gasteiger partial charge on any atom is 0.132 e. The Labute approximate surface area is 232 Å². The van der Waals surface area contributed by atoms with Gasteiger partial charge >= 0.3 is 0 Å². The molecule has 0 atom stereocenters. The molecule has 12 heteroatoms. The number of aryl methyl sites for hydroxylation is 1. The highest BCUT2D eigenvalue weighted by Gasteiger charge is 2.13. The van der Waals surface area contributed by atoms with Crippen LogP contribution in [0.15, 0.2) is 46.8 Å². The topological polar surface area (TPSA) is 81.2 Å². The molecular weight excluding hydrogens is 710 g/mol. The number of fused-ring (bicyclic) bond motifs is 3. The predicted molar refractivity (Wildman–Crippen MR) is 150 cm³/mol. The summed E-state index contributed by atoms with van der Waals surface area (Å²) in [5.41, 5.74) is 5.56. The van der Waals surface area contributed by atoms with Crippen LogP contribution < -0.4 is 0 Å². The standard InChI is InChI=1S/C7H5ClIN3.C7H4ClIN2.C7H5ClN2/c1-12-5-2-6(8)10-3-4(5)7(9)11-12;8-6-1-4-2-11-7(9)5(4)3-10-6;8-7-1-5-2-9-3-6(5)4-10-7/h2-3H,1H3;1,3H,2H2;1,3-4H,2H2. The fraction of sp³-hybridized carbons (Fsp3) is 0.143. The third-order valence-corrected chi connectivity index (χ3v) is 7.05. The Hall–Kier alpha value is -1.41. The van der Waals surface area contributed by atoms with E-state index in [4.69, 9.17) is 34.8 Å². The summed E-state index contributed by atoms with van der Waals surface area (Å²) < 4.78 is 3.78. The number of rotatable bonds is 0. The highest BCUT2D eigenvalue weighted by atomic mass is 127. The largest absolute Gasteiger partial charge is 0.288 e. The number of aliphatic imine (C=N–C) groups is 2. The van der Waals surface area contributed by atoms with E-state index in [1.54, 1.807) is 23.3 Å². The summed E-state index contributed by atoms with van der Waals surface area (Å²) in [6.45, 7) is 1.49. The van der Waals surface area contributed by atoms with E-state index in [1.165, 1.54) is 11.1 Å². The molecule has 168 valence electrons. The molecule has 0 N–H and O–H groups in total. The third-order valence-electron chi connectivity index (χ3n) is 4.71. The van der Waals surface area contributed by atoms with E-state index in [1.807, 2.05) is 31.5 Å². The fourth-order valence-corrected chi connectivity index (χ4v) is 4.99. The summed E-state index contributed by atoms with van der Waals surface area (Å²) in [6.07, 6.45) is 7.08. The zero-order chi connectivity index (χ0) is 23.5. The molecule has 0 unspecified atom stereocenters. The van der Waals surface area contributed by atoms with E-state index in [9.17, 15) is 0 Å². The number of hydrogen-bond acceptors (Lipinski definition) is 6. The van der Waals surface area contributed by atoms with Crippen molar-refractivity contribution in [3.8, 4) is 0 Å². The Morgan fingerprint density at radius 3 is 2.30 bits per heavy atom. The molecule has 6 heterocycles. The van der Waals surface area contributed by atoms with E-state index in [0.717, 1.165) is 42.5 Å². The van der Waals surface area contributed by atoms with Crippen molar-refractivity contribution in [1.29, 1.82) is 0 Å². The summed E-state index contributed by atoms with van der Waals surface area (Å²) in [5.74, 6) is 0. The monoisotopic (exact) mass is 723 g/mol. The highest BCUT2D eigenvalue weighted by molar-refractivity contribution is 14.1. The van der Waals surface area contributed by atoms with Crippen LogP contribution in [-0.4, -0.2) is 34.7 Å². The van der Waals surface area contributed by atoms with Crippen molar-refractivity contribution in [3.05, 3.63) is 78.2 Å². The quantitative estimate of drug-likeness (QED) is 0.157. The van der Waals surface area contributed by atoms with Crippen LogP contribution in [0.25, 0.3) is 10.9 Å². The van der Waals surface area contributed by atoms with Gasteiger partial charge in [-0.3, -0.25) is 14.7 Å².